The number of carbonyl (C=O) groups excluding carboxylic acids is 1. The zero-order chi connectivity index (χ0) is 14.8. The maximum absolute atomic E-state index is 12.4. The van der Waals surface area contributed by atoms with Crippen molar-refractivity contribution in [2.24, 2.45) is 0 Å². The van der Waals surface area contributed by atoms with Crippen LogP contribution in [0.4, 0.5) is 5.69 Å². The molecule has 106 valence electrons. The number of anilines is 1. The highest BCUT2D eigenvalue weighted by atomic mass is 16.5. The number of ether oxygens (including phenoxy) is 2. The molecule has 0 radical (unpaired) electrons. The minimum absolute atomic E-state index is 0.0181. The van der Waals surface area contributed by atoms with Gasteiger partial charge in [0.25, 0.3) is 0 Å². The molecule has 0 amide bonds. The first kappa shape index (κ1) is 13.2. The molecule has 0 aromatic heterocycles. The lowest BCUT2D eigenvalue weighted by molar-refractivity contribution is 0.104. The Bertz CT molecular complexity index is 735. The molecule has 0 unspecified atom stereocenters. The van der Waals surface area contributed by atoms with Crippen LogP contribution < -0.4 is 14.8 Å². The quantitative estimate of drug-likeness (QED) is 0.876. The van der Waals surface area contributed by atoms with E-state index in [9.17, 15) is 4.79 Å². The molecule has 0 saturated carbocycles. The molecular formula is C17H15NO3. The van der Waals surface area contributed by atoms with Crippen LogP contribution >= 0.6 is 0 Å². The molecule has 0 saturated heterocycles. The van der Waals surface area contributed by atoms with E-state index < -0.39 is 0 Å². The van der Waals surface area contributed by atoms with Gasteiger partial charge in [-0.2, -0.15) is 0 Å². The van der Waals surface area contributed by atoms with Gasteiger partial charge >= 0.3 is 0 Å². The van der Waals surface area contributed by atoms with Gasteiger partial charge in [-0.05, 0) is 36.4 Å². The number of carbonyl (C=O) groups is 1. The molecule has 0 atom stereocenters. The number of nitrogens with one attached hydrogen (secondary N) is 1. The Morgan fingerprint density at radius 2 is 1.86 bits per heavy atom. The lowest BCUT2D eigenvalue weighted by atomic mass is 10.1. The number of Topliss-reactive ketones (excluding diaryl/α,β-unsaturated/α-hetero) is 1. The molecule has 1 aliphatic rings. The minimum Gasteiger partial charge on any atom is -0.497 e. The summed E-state index contributed by atoms with van der Waals surface area (Å²) in [6, 6.07) is 12.9. The fraction of sp³-hybridized carbons (Fsp3) is 0.118. The maximum atomic E-state index is 12.4. The van der Waals surface area contributed by atoms with Gasteiger partial charge < -0.3 is 14.8 Å². The van der Waals surface area contributed by atoms with Crippen molar-refractivity contribution >= 4 is 17.5 Å². The number of methoxy groups -OCH3 is 2. The molecule has 1 N–H and O–H groups in total. The molecule has 2 aromatic carbocycles. The van der Waals surface area contributed by atoms with E-state index in [-0.39, 0.29) is 5.78 Å². The smallest absolute Gasteiger partial charge is 0.211 e. The first-order valence-electron chi connectivity index (χ1n) is 6.57. The summed E-state index contributed by atoms with van der Waals surface area (Å²) in [6.07, 6.45) is 1.78. The van der Waals surface area contributed by atoms with Crippen LogP contribution in [0.15, 0.2) is 48.2 Å². The van der Waals surface area contributed by atoms with E-state index in [0.717, 1.165) is 11.3 Å². The molecule has 3 rings (SSSR count). The van der Waals surface area contributed by atoms with Gasteiger partial charge in [-0.15, -0.1) is 0 Å². The van der Waals surface area contributed by atoms with Crippen molar-refractivity contribution in [3.05, 3.63) is 59.3 Å². The van der Waals surface area contributed by atoms with Crippen LogP contribution in [0.5, 0.6) is 11.5 Å². The third-order valence-electron chi connectivity index (χ3n) is 3.42. The molecular weight excluding hydrogens is 266 g/mol. The van der Waals surface area contributed by atoms with E-state index in [0.29, 0.717) is 22.8 Å². The maximum Gasteiger partial charge on any atom is 0.211 e. The fourth-order valence-corrected chi connectivity index (χ4v) is 2.35. The summed E-state index contributed by atoms with van der Waals surface area (Å²) in [6.45, 7) is 0. The van der Waals surface area contributed by atoms with Crippen LogP contribution in [-0.2, 0) is 0 Å². The molecule has 2 aromatic rings. The first-order chi connectivity index (χ1) is 10.2. The number of rotatable bonds is 3. The molecule has 0 fully saturated rings. The molecule has 1 heterocycles. The van der Waals surface area contributed by atoms with Crippen molar-refractivity contribution in [1.29, 1.82) is 0 Å². The zero-order valence-corrected chi connectivity index (χ0v) is 11.8. The van der Waals surface area contributed by atoms with Gasteiger partial charge in [0.2, 0.25) is 5.78 Å². The highest BCUT2D eigenvalue weighted by molar-refractivity contribution is 6.20. The average Bonchev–Trinajstić information content (AvgIpc) is 2.84. The molecule has 0 bridgehead atoms. The Morgan fingerprint density at radius 3 is 2.57 bits per heavy atom. The monoisotopic (exact) mass is 281 g/mol. The average molecular weight is 281 g/mol. The number of ketones is 1. The van der Waals surface area contributed by atoms with Crippen LogP contribution in [0.2, 0.25) is 0 Å². The van der Waals surface area contributed by atoms with Crippen LogP contribution in [0, 0.1) is 0 Å². The highest BCUT2D eigenvalue weighted by Crippen LogP contribution is 2.31. The third kappa shape index (κ3) is 2.36. The van der Waals surface area contributed by atoms with Crippen molar-refractivity contribution < 1.29 is 14.3 Å². The van der Waals surface area contributed by atoms with E-state index in [1.807, 2.05) is 42.5 Å². The Kier molecular flexibility index (Phi) is 3.36. The van der Waals surface area contributed by atoms with Crippen LogP contribution in [0.1, 0.15) is 15.9 Å². The second-order valence-electron chi connectivity index (χ2n) is 4.67. The highest BCUT2D eigenvalue weighted by Gasteiger charge is 2.24. The van der Waals surface area contributed by atoms with Gasteiger partial charge in [-0.3, -0.25) is 4.79 Å². The summed E-state index contributed by atoms with van der Waals surface area (Å²) >= 11 is 0. The Hall–Kier alpha value is -2.75. The van der Waals surface area contributed by atoms with Crippen molar-refractivity contribution in [3.63, 3.8) is 0 Å². The van der Waals surface area contributed by atoms with Crippen LogP contribution in [0.3, 0.4) is 0 Å². The minimum atomic E-state index is -0.0181. The summed E-state index contributed by atoms with van der Waals surface area (Å²) in [5.41, 5.74) is 2.84. The van der Waals surface area contributed by atoms with Crippen molar-refractivity contribution in [2.45, 2.75) is 0 Å². The lowest BCUT2D eigenvalue weighted by Gasteiger charge is -2.08. The largest absolute Gasteiger partial charge is 0.497 e. The van der Waals surface area contributed by atoms with Gasteiger partial charge in [0.05, 0.1) is 19.9 Å². The van der Waals surface area contributed by atoms with E-state index >= 15 is 0 Å². The molecule has 1 aliphatic heterocycles. The van der Waals surface area contributed by atoms with Crippen LogP contribution in [0.25, 0.3) is 6.08 Å². The standard InChI is InChI=1S/C17H15NO3/c1-20-12-7-8-16(21-2)11(9-12)10-15-17(19)13-5-3-4-6-14(13)18-15/h3-10,18H,1-2H3/b15-10-. The normalized spacial score (nSPS) is 14.8. The number of hydrogen-bond donors (Lipinski definition) is 1. The van der Waals surface area contributed by atoms with Gasteiger partial charge in [-0.25, -0.2) is 0 Å². The summed E-state index contributed by atoms with van der Waals surface area (Å²) in [5, 5.41) is 3.14. The van der Waals surface area contributed by atoms with Crippen molar-refractivity contribution in [3.8, 4) is 11.5 Å². The molecule has 21 heavy (non-hydrogen) atoms. The van der Waals surface area contributed by atoms with Crippen LogP contribution in [-0.4, -0.2) is 20.0 Å². The Balaban J connectivity index is 2.02. The third-order valence-corrected chi connectivity index (χ3v) is 3.42. The number of fused-ring (bicyclic) bond motifs is 1. The summed E-state index contributed by atoms with van der Waals surface area (Å²) in [7, 11) is 3.20. The molecule has 0 spiro atoms. The van der Waals surface area contributed by atoms with E-state index in [1.165, 1.54) is 0 Å². The van der Waals surface area contributed by atoms with Crippen molar-refractivity contribution in [1.82, 2.24) is 0 Å². The Labute approximate surface area is 123 Å². The van der Waals surface area contributed by atoms with Gasteiger partial charge in [0.1, 0.15) is 11.5 Å². The zero-order valence-electron chi connectivity index (χ0n) is 11.8. The first-order valence-corrected chi connectivity index (χ1v) is 6.57. The van der Waals surface area contributed by atoms with Gasteiger partial charge in [0.15, 0.2) is 0 Å². The van der Waals surface area contributed by atoms with E-state index in [4.69, 9.17) is 9.47 Å². The second-order valence-corrected chi connectivity index (χ2v) is 4.67. The topological polar surface area (TPSA) is 47.6 Å². The summed E-state index contributed by atoms with van der Waals surface area (Å²) in [4.78, 5) is 12.4. The predicted molar refractivity (Wildman–Crippen MR) is 81.9 cm³/mol. The summed E-state index contributed by atoms with van der Waals surface area (Å²) < 4.78 is 10.5. The second kappa shape index (κ2) is 5.32. The van der Waals surface area contributed by atoms with Gasteiger partial charge in [0, 0.05) is 16.8 Å². The summed E-state index contributed by atoms with van der Waals surface area (Å²) in [5.74, 6) is 1.38. The van der Waals surface area contributed by atoms with Gasteiger partial charge in [-0.1, -0.05) is 12.1 Å². The number of allylic oxidation sites excluding steroid dienone is 1. The number of benzene rings is 2. The van der Waals surface area contributed by atoms with E-state index in [2.05, 4.69) is 5.32 Å². The van der Waals surface area contributed by atoms with E-state index in [1.54, 1.807) is 20.3 Å². The Morgan fingerprint density at radius 1 is 1.05 bits per heavy atom. The van der Waals surface area contributed by atoms with Crippen molar-refractivity contribution in [2.75, 3.05) is 19.5 Å². The molecule has 4 nitrogen and oxygen atoms in total. The lowest BCUT2D eigenvalue weighted by Crippen LogP contribution is -2.00. The molecule has 4 heteroatoms. The SMILES string of the molecule is COc1ccc(OC)c(/C=C2\Nc3ccccc3C2=O)c1. The number of para-hydroxylation sites is 1. The molecule has 0 aliphatic carbocycles. The number of hydrogen-bond acceptors (Lipinski definition) is 4. The predicted octanol–water partition coefficient (Wildman–Crippen LogP) is 3.35. The fourth-order valence-electron chi connectivity index (χ4n) is 2.35.